The van der Waals surface area contributed by atoms with Gasteiger partial charge in [0.25, 0.3) is 0 Å². The molecule has 1 atom stereocenters. The lowest BCUT2D eigenvalue weighted by molar-refractivity contribution is 0.671. The first-order valence-corrected chi connectivity index (χ1v) is 5.95. The summed E-state index contributed by atoms with van der Waals surface area (Å²) in [7, 11) is 1.83. The Labute approximate surface area is 110 Å². The van der Waals surface area contributed by atoms with Crippen LogP contribution in [0.1, 0.15) is 22.9 Å². The van der Waals surface area contributed by atoms with E-state index in [1.54, 1.807) is 10.9 Å². The molecule has 0 aliphatic rings. The van der Waals surface area contributed by atoms with Crippen molar-refractivity contribution in [3.05, 3.63) is 51.3 Å². The third-order valence-electron chi connectivity index (χ3n) is 2.80. The normalized spacial score (nSPS) is 12.8. The number of rotatable bonds is 2. The summed E-state index contributed by atoms with van der Waals surface area (Å²) in [5.74, 6) is 0. The topological polar surface area (TPSA) is 43.8 Å². The van der Waals surface area contributed by atoms with Gasteiger partial charge >= 0.3 is 0 Å². The van der Waals surface area contributed by atoms with E-state index in [1.165, 1.54) is 0 Å². The average molecular weight is 270 g/mol. The SMILES string of the molecule is Cc1cc(Cl)ccc1C(N)c1c(Cl)cnn1C. The van der Waals surface area contributed by atoms with Crippen LogP contribution in [-0.4, -0.2) is 9.78 Å². The quantitative estimate of drug-likeness (QED) is 0.911. The van der Waals surface area contributed by atoms with Crippen LogP contribution in [0.4, 0.5) is 0 Å². The fourth-order valence-corrected chi connectivity index (χ4v) is 2.42. The Morgan fingerprint density at radius 3 is 2.59 bits per heavy atom. The third-order valence-corrected chi connectivity index (χ3v) is 3.33. The zero-order valence-corrected chi connectivity index (χ0v) is 11.1. The molecule has 0 spiro atoms. The molecule has 2 rings (SSSR count). The minimum atomic E-state index is -0.299. The van der Waals surface area contributed by atoms with Crippen molar-refractivity contribution < 1.29 is 0 Å². The Hall–Kier alpha value is -1.03. The molecule has 0 aliphatic heterocycles. The molecule has 90 valence electrons. The van der Waals surface area contributed by atoms with Gasteiger partial charge in [0.15, 0.2) is 0 Å². The van der Waals surface area contributed by atoms with Crippen molar-refractivity contribution in [3.8, 4) is 0 Å². The summed E-state index contributed by atoms with van der Waals surface area (Å²) in [6, 6.07) is 5.34. The molecule has 17 heavy (non-hydrogen) atoms. The Balaban J connectivity index is 2.47. The zero-order valence-electron chi connectivity index (χ0n) is 9.61. The Bertz CT molecular complexity index is 529. The molecule has 2 N–H and O–H groups in total. The maximum Gasteiger partial charge on any atom is 0.0837 e. The molecule has 2 aromatic rings. The molecule has 0 saturated heterocycles. The highest BCUT2D eigenvalue weighted by Gasteiger charge is 2.18. The summed E-state index contributed by atoms with van der Waals surface area (Å²) in [5, 5.41) is 5.37. The first-order chi connectivity index (χ1) is 8.00. The lowest BCUT2D eigenvalue weighted by Gasteiger charge is -2.16. The van der Waals surface area contributed by atoms with Crippen LogP contribution in [0, 0.1) is 6.92 Å². The molecule has 0 saturated carbocycles. The molecule has 0 fully saturated rings. The standard InChI is InChI=1S/C12H13Cl2N3/c1-7-5-8(13)3-4-9(7)11(15)12-10(14)6-16-17(12)2/h3-6,11H,15H2,1-2H3. The van der Waals surface area contributed by atoms with Crippen LogP contribution in [0.2, 0.25) is 10.0 Å². The minimum Gasteiger partial charge on any atom is -0.319 e. The molecule has 1 heterocycles. The minimum absolute atomic E-state index is 0.299. The monoisotopic (exact) mass is 269 g/mol. The lowest BCUT2D eigenvalue weighted by Crippen LogP contribution is -2.17. The van der Waals surface area contributed by atoms with Gasteiger partial charge in [-0.05, 0) is 30.2 Å². The molecule has 0 aliphatic carbocycles. The molecular weight excluding hydrogens is 257 g/mol. The molecule has 0 radical (unpaired) electrons. The predicted molar refractivity (Wildman–Crippen MR) is 70.4 cm³/mol. The van der Waals surface area contributed by atoms with Gasteiger partial charge < -0.3 is 5.73 Å². The second-order valence-electron chi connectivity index (χ2n) is 3.98. The predicted octanol–water partition coefficient (Wildman–Crippen LogP) is 3.08. The van der Waals surface area contributed by atoms with Crippen LogP contribution in [0.5, 0.6) is 0 Å². The van der Waals surface area contributed by atoms with Gasteiger partial charge in [-0.2, -0.15) is 5.10 Å². The first kappa shape index (κ1) is 12.4. The van der Waals surface area contributed by atoms with E-state index in [9.17, 15) is 0 Å². The Morgan fingerprint density at radius 1 is 1.35 bits per heavy atom. The number of nitrogens with zero attached hydrogens (tertiary/aromatic N) is 2. The van der Waals surface area contributed by atoms with Crippen molar-refractivity contribution in [1.29, 1.82) is 0 Å². The van der Waals surface area contributed by atoms with Crippen LogP contribution >= 0.6 is 23.2 Å². The smallest absolute Gasteiger partial charge is 0.0837 e. The van der Waals surface area contributed by atoms with Crippen molar-refractivity contribution >= 4 is 23.2 Å². The number of aryl methyl sites for hydroxylation is 2. The third kappa shape index (κ3) is 2.32. The number of aromatic nitrogens is 2. The van der Waals surface area contributed by atoms with Crippen molar-refractivity contribution in [2.24, 2.45) is 12.8 Å². The summed E-state index contributed by atoms with van der Waals surface area (Å²) >= 11 is 12.0. The number of hydrogen-bond acceptors (Lipinski definition) is 2. The van der Waals surface area contributed by atoms with Gasteiger partial charge in [-0.3, -0.25) is 4.68 Å². The Morgan fingerprint density at radius 2 is 2.06 bits per heavy atom. The number of nitrogens with two attached hydrogens (primary N) is 1. The van der Waals surface area contributed by atoms with Crippen LogP contribution < -0.4 is 5.73 Å². The fourth-order valence-electron chi connectivity index (χ4n) is 1.91. The highest BCUT2D eigenvalue weighted by molar-refractivity contribution is 6.31. The summed E-state index contributed by atoms with van der Waals surface area (Å²) in [5.41, 5.74) is 9.07. The number of halogens is 2. The van der Waals surface area contributed by atoms with Crippen molar-refractivity contribution in [2.45, 2.75) is 13.0 Å². The van der Waals surface area contributed by atoms with E-state index >= 15 is 0 Å². The Kier molecular flexibility index (Phi) is 3.43. The molecule has 1 aromatic carbocycles. The van der Waals surface area contributed by atoms with Crippen LogP contribution in [0.25, 0.3) is 0 Å². The van der Waals surface area contributed by atoms with E-state index in [1.807, 2.05) is 32.2 Å². The fraction of sp³-hybridized carbons (Fsp3) is 0.250. The van der Waals surface area contributed by atoms with Crippen LogP contribution in [-0.2, 0) is 7.05 Å². The molecule has 0 bridgehead atoms. The van der Waals surface area contributed by atoms with E-state index < -0.39 is 0 Å². The summed E-state index contributed by atoms with van der Waals surface area (Å²) < 4.78 is 1.70. The number of benzene rings is 1. The van der Waals surface area contributed by atoms with Gasteiger partial charge in [-0.15, -0.1) is 0 Å². The maximum absolute atomic E-state index is 6.22. The molecule has 1 unspecified atom stereocenters. The van der Waals surface area contributed by atoms with Crippen molar-refractivity contribution in [2.75, 3.05) is 0 Å². The number of hydrogen-bond donors (Lipinski definition) is 1. The molecule has 5 heteroatoms. The van der Waals surface area contributed by atoms with E-state index in [-0.39, 0.29) is 6.04 Å². The van der Waals surface area contributed by atoms with E-state index in [0.717, 1.165) is 16.8 Å². The van der Waals surface area contributed by atoms with Crippen LogP contribution in [0.3, 0.4) is 0 Å². The molecule has 3 nitrogen and oxygen atoms in total. The largest absolute Gasteiger partial charge is 0.319 e. The van der Waals surface area contributed by atoms with Gasteiger partial charge in [0, 0.05) is 12.1 Å². The zero-order chi connectivity index (χ0) is 12.6. The van der Waals surface area contributed by atoms with Crippen molar-refractivity contribution in [1.82, 2.24) is 9.78 Å². The van der Waals surface area contributed by atoms with Gasteiger partial charge in [-0.25, -0.2) is 0 Å². The van der Waals surface area contributed by atoms with E-state index in [4.69, 9.17) is 28.9 Å². The summed E-state index contributed by atoms with van der Waals surface area (Å²) in [6.07, 6.45) is 1.60. The van der Waals surface area contributed by atoms with Gasteiger partial charge in [0.1, 0.15) is 0 Å². The summed E-state index contributed by atoms with van der Waals surface area (Å²) in [4.78, 5) is 0. The summed E-state index contributed by atoms with van der Waals surface area (Å²) in [6.45, 7) is 1.98. The lowest BCUT2D eigenvalue weighted by atomic mass is 9.99. The molecular formula is C12H13Cl2N3. The first-order valence-electron chi connectivity index (χ1n) is 5.19. The van der Waals surface area contributed by atoms with E-state index in [0.29, 0.717) is 10.0 Å². The maximum atomic E-state index is 6.22. The second-order valence-corrected chi connectivity index (χ2v) is 4.82. The van der Waals surface area contributed by atoms with Gasteiger partial charge in [0.2, 0.25) is 0 Å². The van der Waals surface area contributed by atoms with Gasteiger partial charge in [0.05, 0.1) is 23.0 Å². The highest BCUT2D eigenvalue weighted by atomic mass is 35.5. The van der Waals surface area contributed by atoms with Gasteiger partial charge in [-0.1, -0.05) is 29.3 Å². The van der Waals surface area contributed by atoms with E-state index in [2.05, 4.69) is 5.10 Å². The highest BCUT2D eigenvalue weighted by Crippen LogP contribution is 2.28. The van der Waals surface area contributed by atoms with Crippen molar-refractivity contribution in [3.63, 3.8) is 0 Å². The average Bonchev–Trinajstić information content (AvgIpc) is 2.58. The molecule has 0 amide bonds. The molecule has 1 aromatic heterocycles. The second kappa shape index (κ2) is 4.69. The van der Waals surface area contributed by atoms with Crippen LogP contribution in [0.15, 0.2) is 24.4 Å².